The van der Waals surface area contributed by atoms with Gasteiger partial charge in [-0.25, -0.2) is 13.1 Å². The van der Waals surface area contributed by atoms with E-state index < -0.39 is 16.0 Å². The minimum absolute atomic E-state index is 0.00858. The number of aryl methyl sites for hydroxylation is 1. The van der Waals surface area contributed by atoms with Crippen LogP contribution in [0.2, 0.25) is 0 Å². The van der Waals surface area contributed by atoms with E-state index in [4.69, 9.17) is 5.11 Å². The van der Waals surface area contributed by atoms with Gasteiger partial charge in [-0.2, -0.15) is 0 Å². The van der Waals surface area contributed by atoms with E-state index in [1.54, 1.807) is 0 Å². The van der Waals surface area contributed by atoms with Crippen LogP contribution in [0, 0.1) is 0 Å². The molecule has 128 valence electrons. The standard InChI is InChI=1S/C16H24N2O4S/c1-2-18(12-16(19)20)15-10-14(11-15)17-23(21,22)9-8-13-6-4-3-5-7-13/h3-7,14-15,17H,2,8-12H2,1H3,(H,19,20). The number of likely N-dealkylation sites (N-methyl/N-ethyl adjacent to an activating group) is 1. The molecule has 1 fully saturated rings. The maximum atomic E-state index is 12.1. The summed E-state index contributed by atoms with van der Waals surface area (Å²) in [6.07, 6.45) is 1.84. The average Bonchev–Trinajstić information content (AvgIpc) is 2.47. The predicted octanol–water partition coefficient (Wildman–Crippen LogP) is 1.09. The van der Waals surface area contributed by atoms with Crippen LogP contribution in [0.25, 0.3) is 0 Å². The lowest BCUT2D eigenvalue weighted by Crippen LogP contribution is -2.55. The first-order valence-electron chi connectivity index (χ1n) is 7.89. The molecule has 0 atom stereocenters. The van der Waals surface area contributed by atoms with Gasteiger partial charge in [0.25, 0.3) is 0 Å². The average molecular weight is 340 g/mol. The van der Waals surface area contributed by atoms with Crippen molar-refractivity contribution in [1.29, 1.82) is 0 Å². The molecular weight excluding hydrogens is 316 g/mol. The second-order valence-electron chi connectivity index (χ2n) is 5.95. The molecule has 23 heavy (non-hydrogen) atoms. The zero-order valence-corrected chi connectivity index (χ0v) is 14.1. The maximum Gasteiger partial charge on any atom is 0.317 e. The van der Waals surface area contributed by atoms with Crippen LogP contribution < -0.4 is 4.72 Å². The summed E-state index contributed by atoms with van der Waals surface area (Å²) in [5, 5.41) is 8.86. The Labute approximate surface area is 137 Å². The summed E-state index contributed by atoms with van der Waals surface area (Å²) in [5.74, 6) is -0.774. The van der Waals surface area contributed by atoms with Crippen LogP contribution in [0.5, 0.6) is 0 Å². The lowest BCUT2D eigenvalue weighted by Gasteiger charge is -2.42. The zero-order valence-electron chi connectivity index (χ0n) is 13.3. The van der Waals surface area contributed by atoms with Crippen molar-refractivity contribution < 1.29 is 18.3 Å². The lowest BCUT2D eigenvalue weighted by molar-refractivity contribution is -0.139. The van der Waals surface area contributed by atoms with Crippen molar-refractivity contribution in [2.75, 3.05) is 18.8 Å². The third kappa shape index (κ3) is 5.60. The number of nitrogens with zero attached hydrogens (tertiary/aromatic N) is 1. The summed E-state index contributed by atoms with van der Waals surface area (Å²) in [4.78, 5) is 12.7. The SMILES string of the molecule is CCN(CC(=O)O)C1CC(NS(=O)(=O)CCc2ccccc2)C1. The molecule has 1 aliphatic carbocycles. The number of benzene rings is 1. The summed E-state index contributed by atoms with van der Waals surface area (Å²) in [6, 6.07) is 9.60. The molecule has 0 heterocycles. The van der Waals surface area contributed by atoms with E-state index in [1.165, 1.54) is 0 Å². The van der Waals surface area contributed by atoms with Gasteiger partial charge in [-0.05, 0) is 31.4 Å². The van der Waals surface area contributed by atoms with Crippen LogP contribution in [0.4, 0.5) is 0 Å². The van der Waals surface area contributed by atoms with Crippen LogP contribution in [-0.4, -0.2) is 55.3 Å². The van der Waals surface area contributed by atoms with Gasteiger partial charge in [-0.3, -0.25) is 9.69 Å². The van der Waals surface area contributed by atoms with Crippen LogP contribution in [-0.2, 0) is 21.2 Å². The van der Waals surface area contributed by atoms with Gasteiger partial charge in [0, 0.05) is 12.1 Å². The highest BCUT2D eigenvalue weighted by molar-refractivity contribution is 7.89. The highest BCUT2D eigenvalue weighted by Crippen LogP contribution is 2.26. The molecule has 1 aromatic rings. The third-order valence-corrected chi connectivity index (χ3v) is 5.66. The Hall–Kier alpha value is -1.44. The van der Waals surface area contributed by atoms with Gasteiger partial charge in [0.05, 0.1) is 12.3 Å². The number of aliphatic carboxylic acids is 1. The number of carboxylic acid groups (broad SMARTS) is 1. The van der Waals surface area contributed by atoms with Gasteiger partial charge >= 0.3 is 5.97 Å². The maximum absolute atomic E-state index is 12.1. The number of hydrogen-bond donors (Lipinski definition) is 2. The number of hydrogen-bond acceptors (Lipinski definition) is 4. The summed E-state index contributed by atoms with van der Waals surface area (Å²) in [6.45, 7) is 2.58. The van der Waals surface area contributed by atoms with E-state index in [9.17, 15) is 13.2 Å². The minimum Gasteiger partial charge on any atom is -0.480 e. The molecule has 0 radical (unpaired) electrons. The molecule has 0 saturated heterocycles. The quantitative estimate of drug-likeness (QED) is 0.703. The molecule has 0 unspecified atom stereocenters. The van der Waals surface area contributed by atoms with E-state index in [1.807, 2.05) is 42.2 Å². The molecule has 1 saturated carbocycles. The van der Waals surface area contributed by atoms with E-state index in [0.29, 0.717) is 25.8 Å². The molecule has 1 aromatic carbocycles. The second kappa shape index (κ2) is 7.90. The fourth-order valence-electron chi connectivity index (χ4n) is 2.86. The van der Waals surface area contributed by atoms with Crippen LogP contribution in [0.15, 0.2) is 30.3 Å². The van der Waals surface area contributed by atoms with Crippen molar-refractivity contribution in [3.8, 4) is 0 Å². The molecule has 0 aliphatic heterocycles. The Kier molecular flexibility index (Phi) is 6.15. The van der Waals surface area contributed by atoms with Gasteiger partial charge in [-0.15, -0.1) is 0 Å². The number of carbonyl (C=O) groups is 1. The van der Waals surface area contributed by atoms with E-state index in [-0.39, 0.29) is 24.4 Å². The molecule has 0 aromatic heterocycles. The molecule has 1 aliphatic rings. The molecule has 6 nitrogen and oxygen atoms in total. The van der Waals surface area contributed by atoms with Gasteiger partial charge in [0.1, 0.15) is 0 Å². The minimum atomic E-state index is -3.30. The Bertz CT molecular complexity index is 612. The Morgan fingerprint density at radius 2 is 1.96 bits per heavy atom. The van der Waals surface area contributed by atoms with Gasteiger partial charge in [0.15, 0.2) is 0 Å². The first-order chi connectivity index (χ1) is 10.9. The Morgan fingerprint density at radius 1 is 1.30 bits per heavy atom. The Morgan fingerprint density at radius 3 is 2.52 bits per heavy atom. The summed E-state index contributed by atoms with van der Waals surface area (Å²) in [7, 11) is -3.30. The van der Waals surface area contributed by atoms with Crippen molar-refractivity contribution in [3.63, 3.8) is 0 Å². The predicted molar refractivity (Wildman–Crippen MR) is 88.8 cm³/mol. The number of sulfonamides is 1. The number of rotatable bonds is 9. The smallest absolute Gasteiger partial charge is 0.317 e. The molecule has 7 heteroatoms. The second-order valence-corrected chi connectivity index (χ2v) is 7.82. The molecular formula is C16H24N2O4S. The summed E-state index contributed by atoms with van der Waals surface area (Å²) in [5.41, 5.74) is 1.00. The van der Waals surface area contributed by atoms with E-state index in [0.717, 1.165) is 5.56 Å². The first kappa shape index (κ1) is 17.9. The van der Waals surface area contributed by atoms with Gasteiger partial charge < -0.3 is 5.11 Å². The first-order valence-corrected chi connectivity index (χ1v) is 9.54. The molecule has 0 amide bonds. The number of nitrogens with one attached hydrogen (secondary N) is 1. The van der Waals surface area contributed by atoms with Crippen molar-refractivity contribution in [2.24, 2.45) is 0 Å². The van der Waals surface area contributed by atoms with Crippen LogP contribution >= 0.6 is 0 Å². The monoisotopic (exact) mass is 340 g/mol. The van der Waals surface area contributed by atoms with Crippen molar-refractivity contribution >= 4 is 16.0 Å². The highest BCUT2D eigenvalue weighted by atomic mass is 32.2. The lowest BCUT2D eigenvalue weighted by atomic mass is 9.86. The summed E-state index contributed by atoms with van der Waals surface area (Å²) < 4.78 is 26.9. The van der Waals surface area contributed by atoms with Crippen LogP contribution in [0.3, 0.4) is 0 Å². The zero-order chi connectivity index (χ0) is 16.9. The topological polar surface area (TPSA) is 86.7 Å². The molecule has 0 spiro atoms. The van der Waals surface area contributed by atoms with Crippen molar-refractivity contribution in [2.45, 2.75) is 38.3 Å². The van der Waals surface area contributed by atoms with Crippen molar-refractivity contribution in [3.05, 3.63) is 35.9 Å². The van der Waals surface area contributed by atoms with E-state index in [2.05, 4.69) is 4.72 Å². The Balaban J connectivity index is 1.76. The molecule has 2 rings (SSSR count). The van der Waals surface area contributed by atoms with Gasteiger partial charge in [0.2, 0.25) is 10.0 Å². The largest absolute Gasteiger partial charge is 0.480 e. The van der Waals surface area contributed by atoms with Crippen molar-refractivity contribution in [1.82, 2.24) is 9.62 Å². The normalized spacial score (nSPS) is 21.1. The highest BCUT2D eigenvalue weighted by Gasteiger charge is 2.35. The fraction of sp³-hybridized carbons (Fsp3) is 0.562. The number of carboxylic acids is 1. The third-order valence-electron chi connectivity index (χ3n) is 4.22. The molecule has 2 N–H and O–H groups in total. The summed E-state index contributed by atoms with van der Waals surface area (Å²) >= 11 is 0. The van der Waals surface area contributed by atoms with Crippen LogP contribution in [0.1, 0.15) is 25.3 Å². The van der Waals surface area contributed by atoms with Gasteiger partial charge in [-0.1, -0.05) is 37.3 Å². The van der Waals surface area contributed by atoms with E-state index >= 15 is 0 Å². The fourth-order valence-corrected chi connectivity index (χ4v) is 4.19. The molecule has 0 bridgehead atoms.